The fourth-order valence-corrected chi connectivity index (χ4v) is 1.83. The van der Waals surface area contributed by atoms with Crippen molar-refractivity contribution < 1.29 is 0 Å². The van der Waals surface area contributed by atoms with Crippen LogP contribution >= 0.6 is 12.2 Å². The van der Waals surface area contributed by atoms with E-state index in [-0.39, 0.29) is 10.5 Å². The highest BCUT2D eigenvalue weighted by Gasteiger charge is 2.15. The Balaban J connectivity index is 2.90. The Bertz CT molecular complexity index is 444. The van der Waals surface area contributed by atoms with Gasteiger partial charge in [0.2, 0.25) is 0 Å². The van der Waals surface area contributed by atoms with Gasteiger partial charge < -0.3 is 5.73 Å². The molecule has 0 amide bonds. The van der Waals surface area contributed by atoms with Crippen molar-refractivity contribution in [1.29, 1.82) is 0 Å². The standard InChI is InChI=1S/C13H19N3S/c1-9-7-10(8-15-16-12(14)17)5-6-11(9)13(2,3)4/h5-8H,1-4H3,(H3,14,16,17)/b15-8+. The van der Waals surface area contributed by atoms with Crippen LogP contribution in [0.3, 0.4) is 0 Å². The van der Waals surface area contributed by atoms with Gasteiger partial charge in [-0.2, -0.15) is 5.10 Å². The first kappa shape index (κ1) is 13.6. The van der Waals surface area contributed by atoms with Crippen LogP contribution in [0, 0.1) is 6.92 Å². The number of nitrogens with zero attached hydrogens (tertiary/aromatic N) is 1. The van der Waals surface area contributed by atoms with Gasteiger partial charge in [-0.15, -0.1) is 0 Å². The third-order valence-electron chi connectivity index (χ3n) is 2.45. The summed E-state index contributed by atoms with van der Waals surface area (Å²) in [4.78, 5) is 0. The Morgan fingerprint density at radius 1 is 1.41 bits per heavy atom. The molecule has 0 aliphatic heterocycles. The minimum Gasteiger partial charge on any atom is -0.375 e. The molecule has 0 atom stereocenters. The first-order chi connectivity index (χ1) is 7.80. The number of thiocarbonyl (C=S) groups is 1. The van der Waals surface area contributed by atoms with Gasteiger partial charge in [0.1, 0.15) is 0 Å². The number of nitrogens with one attached hydrogen (secondary N) is 1. The van der Waals surface area contributed by atoms with Crippen molar-refractivity contribution >= 4 is 23.5 Å². The Hall–Kier alpha value is -1.42. The third-order valence-corrected chi connectivity index (χ3v) is 2.54. The van der Waals surface area contributed by atoms with Crippen LogP contribution in [0.4, 0.5) is 0 Å². The molecular formula is C13H19N3S. The van der Waals surface area contributed by atoms with E-state index >= 15 is 0 Å². The summed E-state index contributed by atoms with van der Waals surface area (Å²) in [5, 5.41) is 4.10. The van der Waals surface area contributed by atoms with E-state index in [1.165, 1.54) is 11.1 Å². The molecule has 0 spiro atoms. The van der Waals surface area contributed by atoms with Gasteiger partial charge in [-0.25, -0.2) is 0 Å². The maximum atomic E-state index is 5.27. The average molecular weight is 249 g/mol. The van der Waals surface area contributed by atoms with Crippen molar-refractivity contribution in [2.24, 2.45) is 10.8 Å². The topological polar surface area (TPSA) is 50.4 Å². The highest BCUT2D eigenvalue weighted by molar-refractivity contribution is 7.80. The van der Waals surface area contributed by atoms with Crippen molar-refractivity contribution in [3.63, 3.8) is 0 Å². The fraction of sp³-hybridized carbons (Fsp3) is 0.385. The lowest BCUT2D eigenvalue weighted by Crippen LogP contribution is -2.24. The van der Waals surface area contributed by atoms with Gasteiger partial charge in [-0.1, -0.05) is 39.0 Å². The summed E-state index contributed by atoms with van der Waals surface area (Å²) >= 11 is 4.66. The molecule has 0 radical (unpaired) electrons. The summed E-state index contributed by atoms with van der Waals surface area (Å²) in [6, 6.07) is 6.28. The predicted octanol–water partition coefficient (Wildman–Crippen LogP) is 2.46. The van der Waals surface area contributed by atoms with Gasteiger partial charge in [0.05, 0.1) is 6.21 Å². The molecule has 0 saturated heterocycles. The zero-order chi connectivity index (χ0) is 13.1. The van der Waals surface area contributed by atoms with Gasteiger partial charge in [0, 0.05) is 0 Å². The monoisotopic (exact) mass is 249 g/mol. The highest BCUT2D eigenvalue weighted by Crippen LogP contribution is 2.25. The molecule has 3 nitrogen and oxygen atoms in total. The van der Waals surface area contributed by atoms with Crippen molar-refractivity contribution in [3.8, 4) is 0 Å². The molecule has 3 N–H and O–H groups in total. The summed E-state index contributed by atoms with van der Waals surface area (Å²) in [6.45, 7) is 8.73. The van der Waals surface area contributed by atoms with E-state index in [0.717, 1.165) is 5.56 Å². The lowest BCUT2D eigenvalue weighted by atomic mass is 9.83. The molecule has 0 bridgehead atoms. The molecule has 1 aromatic carbocycles. The number of hydrogen-bond acceptors (Lipinski definition) is 2. The van der Waals surface area contributed by atoms with Gasteiger partial charge in [0.25, 0.3) is 0 Å². The summed E-state index contributed by atoms with van der Waals surface area (Å²) in [6.07, 6.45) is 1.71. The van der Waals surface area contributed by atoms with Crippen molar-refractivity contribution in [1.82, 2.24) is 5.43 Å². The fourth-order valence-electron chi connectivity index (χ4n) is 1.78. The van der Waals surface area contributed by atoms with Crippen LogP contribution in [-0.2, 0) is 5.41 Å². The molecule has 1 aromatic rings. The van der Waals surface area contributed by atoms with Crippen molar-refractivity contribution in [2.75, 3.05) is 0 Å². The van der Waals surface area contributed by atoms with Crippen molar-refractivity contribution in [3.05, 3.63) is 34.9 Å². The van der Waals surface area contributed by atoms with Crippen LogP contribution in [0.5, 0.6) is 0 Å². The van der Waals surface area contributed by atoms with E-state index in [9.17, 15) is 0 Å². The summed E-state index contributed by atoms with van der Waals surface area (Å²) in [5.41, 5.74) is 11.6. The Kier molecular flexibility index (Phi) is 4.23. The normalized spacial score (nSPS) is 11.8. The average Bonchev–Trinajstić information content (AvgIpc) is 2.14. The Morgan fingerprint density at radius 2 is 2.06 bits per heavy atom. The zero-order valence-electron chi connectivity index (χ0n) is 10.7. The number of nitrogens with two attached hydrogens (primary N) is 1. The van der Waals surface area contributed by atoms with Gasteiger partial charge in [-0.05, 0) is 41.2 Å². The molecule has 4 heteroatoms. The van der Waals surface area contributed by atoms with Gasteiger partial charge >= 0.3 is 0 Å². The first-order valence-corrected chi connectivity index (χ1v) is 5.91. The second-order valence-electron chi connectivity index (χ2n) is 5.06. The zero-order valence-corrected chi connectivity index (χ0v) is 11.6. The van der Waals surface area contributed by atoms with Crippen LogP contribution in [-0.4, -0.2) is 11.3 Å². The molecule has 0 fully saturated rings. The van der Waals surface area contributed by atoms with E-state index in [1.807, 2.05) is 6.07 Å². The van der Waals surface area contributed by atoms with E-state index in [2.05, 4.69) is 62.6 Å². The minimum atomic E-state index is 0.164. The second kappa shape index (κ2) is 5.27. The molecule has 0 aromatic heterocycles. The predicted molar refractivity (Wildman–Crippen MR) is 77.4 cm³/mol. The lowest BCUT2D eigenvalue weighted by molar-refractivity contribution is 0.586. The van der Waals surface area contributed by atoms with Crippen LogP contribution in [0.25, 0.3) is 0 Å². The minimum absolute atomic E-state index is 0.164. The number of benzene rings is 1. The quantitative estimate of drug-likeness (QED) is 0.481. The molecule has 0 aliphatic rings. The molecule has 0 unspecified atom stereocenters. The van der Waals surface area contributed by atoms with E-state index < -0.39 is 0 Å². The number of aryl methyl sites for hydroxylation is 1. The summed E-state index contributed by atoms with van der Waals surface area (Å²) < 4.78 is 0. The molecule has 0 saturated carbocycles. The van der Waals surface area contributed by atoms with Crippen LogP contribution in [0.2, 0.25) is 0 Å². The second-order valence-corrected chi connectivity index (χ2v) is 5.50. The highest BCUT2D eigenvalue weighted by atomic mass is 32.1. The Labute approximate surface area is 108 Å². The number of rotatable bonds is 2. The lowest BCUT2D eigenvalue weighted by Gasteiger charge is -2.21. The number of hydrogen-bond donors (Lipinski definition) is 2. The first-order valence-electron chi connectivity index (χ1n) is 5.50. The van der Waals surface area contributed by atoms with Crippen molar-refractivity contribution in [2.45, 2.75) is 33.1 Å². The van der Waals surface area contributed by atoms with Crippen LogP contribution in [0.1, 0.15) is 37.5 Å². The van der Waals surface area contributed by atoms with Gasteiger partial charge in [0.15, 0.2) is 5.11 Å². The van der Waals surface area contributed by atoms with E-state index in [1.54, 1.807) is 6.21 Å². The summed E-state index contributed by atoms with van der Waals surface area (Å²) in [7, 11) is 0. The maximum Gasteiger partial charge on any atom is 0.184 e. The maximum absolute atomic E-state index is 5.27. The smallest absolute Gasteiger partial charge is 0.184 e. The molecule has 1 rings (SSSR count). The molecule has 17 heavy (non-hydrogen) atoms. The van der Waals surface area contributed by atoms with Crippen LogP contribution in [0.15, 0.2) is 23.3 Å². The van der Waals surface area contributed by atoms with Crippen LogP contribution < -0.4 is 11.2 Å². The third kappa shape index (κ3) is 4.15. The Morgan fingerprint density at radius 3 is 2.53 bits per heavy atom. The largest absolute Gasteiger partial charge is 0.375 e. The van der Waals surface area contributed by atoms with E-state index in [0.29, 0.717) is 0 Å². The van der Waals surface area contributed by atoms with E-state index in [4.69, 9.17) is 5.73 Å². The van der Waals surface area contributed by atoms with Gasteiger partial charge in [-0.3, -0.25) is 5.43 Å². The molecule has 0 aliphatic carbocycles. The summed E-state index contributed by atoms with van der Waals surface area (Å²) in [5.74, 6) is 0. The number of hydrazone groups is 1. The molecule has 0 heterocycles. The molecule has 92 valence electrons. The molecular weight excluding hydrogens is 230 g/mol. The SMILES string of the molecule is Cc1cc(/C=N/NC(N)=S)ccc1C(C)(C)C.